The standard InChI is InChI=1S/C26H29Cl2N3O2S/c1-4-18(2)31(26(33)29-21-11-13-23(27)24(28)14-21)17-25(32)30(15-20-8-6-5-7-9-20)16-22-12-10-19(3)34-22/h5-14,18H,4,15-17H2,1-3H3,(H,29,33). The van der Waals surface area contributed by atoms with Crippen LogP contribution in [0, 0.1) is 6.92 Å². The van der Waals surface area contributed by atoms with Gasteiger partial charge in [-0.3, -0.25) is 4.79 Å². The van der Waals surface area contributed by atoms with Gasteiger partial charge in [-0.05, 0) is 56.2 Å². The number of carbonyl (C=O) groups is 2. The highest BCUT2D eigenvalue weighted by atomic mass is 35.5. The minimum atomic E-state index is -0.354. The van der Waals surface area contributed by atoms with Crippen molar-refractivity contribution in [2.24, 2.45) is 0 Å². The van der Waals surface area contributed by atoms with E-state index in [0.29, 0.717) is 35.2 Å². The van der Waals surface area contributed by atoms with Crippen LogP contribution in [0.25, 0.3) is 0 Å². The van der Waals surface area contributed by atoms with Crippen molar-refractivity contribution in [2.45, 2.75) is 46.3 Å². The van der Waals surface area contributed by atoms with Gasteiger partial charge in [0.1, 0.15) is 6.54 Å². The number of hydrogen-bond donors (Lipinski definition) is 1. The SMILES string of the molecule is CCC(C)N(CC(=O)N(Cc1ccccc1)Cc1ccc(C)s1)C(=O)Nc1ccc(Cl)c(Cl)c1. The summed E-state index contributed by atoms with van der Waals surface area (Å²) in [5, 5.41) is 3.61. The Balaban J connectivity index is 1.78. The van der Waals surface area contributed by atoms with Crippen LogP contribution in [-0.4, -0.2) is 34.3 Å². The van der Waals surface area contributed by atoms with Gasteiger partial charge < -0.3 is 15.1 Å². The van der Waals surface area contributed by atoms with E-state index in [2.05, 4.69) is 24.4 Å². The van der Waals surface area contributed by atoms with Gasteiger partial charge in [-0.1, -0.05) is 60.5 Å². The summed E-state index contributed by atoms with van der Waals surface area (Å²) in [4.78, 5) is 32.4. The minimum Gasteiger partial charge on any atom is -0.332 e. The molecule has 1 N–H and O–H groups in total. The second-order valence-corrected chi connectivity index (χ2v) is 10.4. The quantitative estimate of drug-likeness (QED) is 0.325. The highest BCUT2D eigenvalue weighted by molar-refractivity contribution is 7.11. The maximum absolute atomic E-state index is 13.5. The van der Waals surface area contributed by atoms with E-state index in [1.54, 1.807) is 34.4 Å². The lowest BCUT2D eigenvalue weighted by Gasteiger charge is -2.31. The highest BCUT2D eigenvalue weighted by Gasteiger charge is 2.25. The minimum absolute atomic E-state index is 0.0284. The zero-order chi connectivity index (χ0) is 24.7. The predicted octanol–water partition coefficient (Wildman–Crippen LogP) is 7.22. The summed E-state index contributed by atoms with van der Waals surface area (Å²) in [6.45, 7) is 6.92. The van der Waals surface area contributed by atoms with Crippen LogP contribution in [0.3, 0.4) is 0 Å². The number of aryl methyl sites for hydroxylation is 1. The Morgan fingerprint density at radius 2 is 1.74 bits per heavy atom. The molecule has 0 aliphatic carbocycles. The number of hydrogen-bond acceptors (Lipinski definition) is 3. The van der Waals surface area contributed by atoms with Crippen molar-refractivity contribution in [3.05, 3.63) is 86.0 Å². The van der Waals surface area contributed by atoms with Crippen molar-refractivity contribution in [3.8, 4) is 0 Å². The second kappa shape index (κ2) is 12.2. The molecule has 1 unspecified atom stereocenters. The zero-order valence-electron chi connectivity index (χ0n) is 19.6. The van der Waals surface area contributed by atoms with E-state index in [0.717, 1.165) is 10.4 Å². The number of rotatable bonds is 9. The van der Waals surface area contributed by atoms with Gasteiger partial charge in [0.05, 0.1) is 16.6 Å². The topological polar surface area (TPSA) is 52.7 Å². The normalized spacial score (nSPS) is 11.7. The van der Waals surface area contributed by atoms with Crippen LogP contribution in [0.4, 0.5) is 10.5 Å². The molecule has 0 spiro atoms. The fourth-order valence-electron chi connectivity index (χ4n) is 3.46. The third-order valence-electron chi connectivity index (χ3n) is 5.57. The van der Waals surface area contributed by atoms with Gasteiger partial charge in [-0.2, -0.15) is 0 Å². The molecule has 0 aliphatic heterocycles. The molecule has 1 atom stereocenters. The molecule has 0 bridgehead atoms. The number of nitrogens with zero attached hydrogens (tertiary/aromatic N) is 2. The van der Waals surface area contributed by atoms with Crippen molar-refractivity contribution in [1.29, 1.82) is 0 Å². The second-order valence-electron chi connectivity index (χ2n) is 8.19. The Kier molecular flexibility index (Phi) is 9.39. The molecule has 0 radical (unpaired) electrons. The van der Waals surface area contributed by atoms with Crippen LogP contribution in [-0.2, 0) is 17.9 Å². The molecule has 180 valence electrons. The smallest absolute Gasteiger partial charge is 0.322 e. The van der Waals surface area contributed by atoms with Crippen molar-refractivity contribution in [3.63, 3.8) is 0 Å². The van der Waals surface area contributed by atoms with Crippen LogP contribution in [0.2, 0.25) is 10.0 Å². The molecule has 8 heteroatoms. The largest absolute Gasteiger partial charge is 0.332 e. The summed E-state index contributed by atoms with van der Waals surface area (Å²) >= 11 is 13.8. The van der Waals surface area contributed by atoms with Crippen LogP contribution in [0.15, 0.2) is 60.7 Å². The zero-order valence-corrected chi connectivity index (χ0v) is 21.9. The van der Waals surface area contributed by atoms with Gasteiger partial charge in [0.25, 0.3) is 0 Å². The maximum atomic E-state index is 13.5. The number of nitrogens with one attached hydrogen (secondary N) is 1. The van der Waals surface area contributed by atoms with Gasteiger partial charge in [-0.25, -0.2) is 4.79 Å². The molecule has 0 fully saturated rings. The van der Waals surface area contributed by atoms with E-state index in [1.165, 1.54) is 4.88 Å². The number of anilines is 1. The molecule has 0 aliphatic rings. The van der Waals surface area contributed by atoms with E-state index in [4.69, 9.17) is 23.2 Å². The molecule has 34 heavy (non-hydrogen) atoms. The van der Waals surface area contributed by atoms with Crippen LogP contribution < -0.4 is 5.32 Å². The summed E-state index contributed by atoms with van der Waals surface area (Å²) in [7, 11) is 0. The van der Waals surface area contributed by atoms with Crippen molar-refractivity contribution < 1.29 is 9.59 Å². The van der Waals surface area contributed by atoms with E-state index in [9.17, 15) is 9.59 Å². The summed E-state index contributed by atoms with van der Waals surface area (Å²) < 4.78 is 0. The molecule has 2 aromatic carbocycles. The Morgan fingerprint density at radius 1 is 1.00 bits per heavy atom. The average Bonchev–Trinajstić information content (AvgIpc) is 3.24. The monoisotopic (exact) mass is 517 g/mol. The first-order valence-corrected chi connectivity index (χ1v) is 12.7. The van der Waals surface area contributed by atoms with E-state index in [-0.39, 0.29) is 24.5 Å². The molecule has 1 aromatic heterocycles. The summed E-state index contributed by atoms with van der Waals surface area (Å²) in [6, 6.07) is 18.4. The van der Waals surface area contributed by atoms with Crippen LogP contribution >= 0.6 is 34.5 Å². The Morgan fingerprint density at radius 3 is 2.35 bits per heavy atom. The molecule has 3 rings (SSSR count). The van der Waals surface area contributed by atoms with Crippen LogP contribution in [0.1, 0.15) is 35.6 Å². The summed E-state index contributed by atoms with van der Waals surface area (Å²) in [6.07, 6.45) is 0.713. The fraction of sp³-hybridized carbons (Fsp3) is 0.308. The Bertz CT molecular complexity index is 1120. The number of halogens is 2. The van der Waals surface area contributed by atoms with E-state index >= 15 is 0 Å². The Labute approximate surface area is 215 Å². The fourth-order valence-corrected chi connectivity index (χ4v) is 4.66. The van der Waals surface area contributed by atoms with Gasteiger partial charge in [0.2, 0.25) is 5.91 Å². The van der Waals surface area contributed by atoms with Gasteiger partial charge in [-0.15, -0.1) is 11.3 Å². The van der Waals surface area contributed by atoms with Gasteiger partial charge in [0, 0.05) is 28.0 Å². The average molecular weight is 519 g/mol. The number of thiophene rings is 1. The van der Waals surface area contributed by atoms with Crippen molar-refractivity contribution in [2.75, 3.05) is 11.9 Å². The number of carbonyl (C=O) groups excluding carboxylic acids is 2. The molecule has 3 aromatic rings. The Hall–Kier alpha value is -2.54. The molecule has 0 saturated heterocycles. The molecular weight excluding hydrogens is 489 g/mol. The van der Waals surface area contributed by atoms with Crippen LogP contribution in [0.5, 0.6) is 0 Å². The summed E-state index contributed by atoms with van der Waals surface area (Å²) in [5.41, 5.74) is 1.56. The molecule has 1 heterocycles. The summed E-state index contributed by atoms with van der Waals surface area (Å²) in [5.74, 6) is -0.112. The molecule has 3 amide bonds. The predicted molar refractivity (Wildman–Crippen MR) is 142 cm³/mol. The first-order valence-electron chi connectivity index (χ1n) is 11.2. The van der Waals surface area contributed by atoms with Crippen molar-refractivity contribution >= 4 is 52.2 Å². The first kappa shape index (κ1) is 26.1. The lowest BCUT2D eigenvalue weighted by molar-refractivity contribution is -0.133. The number of amides is 3. The van der Waals surface area contributed by atoms with Gasteiger partial charge >= 0.3 is 6.03 Å². The molecule has 0 saturated carbocycles. The number of benzene rings is 2. The highest BCUT2D eigenvalue weighted by Crippen LogP contribution is 2.25. The van der Waals surface area contributed by atoms with E-state index < -0.39 is 0 Å². The van der Waals surface area contributed by atoms with Gasteiger partial charge in [0.15, 0.2) is 0 Å². The lowest BCUT2D eigenvalue weighted by Crippen LogP contribution is -2.47. The third-order valence-corrected chi connectivity index (χ3v) is 7.30. The van der Waals surface area contributed by atoms with E-state index in [1.807, 2.05) is 49.1 Å². The molecular formula is C26H29Cl2N3O2S. The maximum Gasteiger partial charge on any atom is 0.322 e. The van der Waals surface area contributed by atoms with Crippen molar-refractivity contribution in [1.82, 2.24) is 9.80 Å². The number of urea groups is 1. The first-order chi connectivity index (χ1) is 16.3. The third kappa shape index (κ3) is 7.23. The lowest BCUT2D eigenvalue weighted by atomic mass is 10.2. The molecule has 5 nitrogen and oxygen atoms in total.